The first-order valence-corrected chi connectivity index (χ1v) is 8.61. The zero-order valence-corrected chi connectivity index (χ0v) is 14.9. The quantitative estimate of drug-likeness (QED) is 0.548. The minimum Gasteiger partial charge on any atom is -0.329 e. The van der Waals surface area contributed by atoms with Crippen molar-refractivity contribution in [1.29, 1.82) is 0 Å². The fraction of sp³-hybridized carbons (Fsp3) is 0.462. The van der Waals surface area contributed by atoms with Crippen molar-refractivity contribution in [2.75, 3.05) is 6.54 Å². The largest absolute Gasteiger partial charge is 0.329 e. The molecule has 0 aliphatic rings. The molecule has 2 aromatic heterocycles. The van der Waals surface area contributed by atoms with Crippen LogP contribution in [0.1, 0.15) is 26.7 Å². The first-order chi connectivity index (χ1) is 10.8. The van der Waals surface area contributed by atoms with Crippen molar-refractivity contribution in [3.05, 3.63) is 33.1 Å². The van der Waals surface area contributed by atoms with E-state index >= 15 is 0 Å². The molecule has 24 heavy (non-hydrogen) atoms. The van der Waals surface area contributed by atoms with E-state index in [0.29, 0.717) is 12.8 Å². The smallest absolute Gasteiger partial charge is 0.327 e. The molecule has 0 amide bonds. The number of nitrogens with two attached hydrogens (primary N) is 1. The molecule has 2 aromatic rings. The SMILES string of the molecule is CCC(CC)(CN)NS(=O)(=O)c1cnc2[nH]c(=O)[nH]c(=O)c2c1.Cl. The number of aromatic nitrogens is 3. The Labute approximate surface area is 144 Å². The molecule has 0 aliphatic heterocycles. The maximum atomic E-state index is 12.6. The topological polar surface area (TPSA) is 151 Å². The van der Waals surface area contributed by atoms with E-state index in [9.17, 15) is 18.0 Å². The van der Waals surface area contributed by atoms with Crippen LogP contribution in [0.25, 0.3) is 11.0 Å². The number of aromatic amines is 2. The van der Waals surface area contributed by atoms with Gasteiger partial charge < -0.3 is 5.73 Å². The Morgan fingerprint density at radius 3 is 2.42 bits per heavy atom. The standard InChI is InChI=1S/C13H19N5O4S.ClH/c1-3-13(4-2,7-14)18-23(21,22)8-5-9-10(15-6-8)16-12(20)17-11(9)19;/h5-6,18H,3-4,7,14H2,1-2H3,(H2,15,16,17,19,20);1H. The lowest BCUT2D eigenvalue weighted by molar-refractivity contribution is 0.363. The minimum absolute atomic E-state index is 0. The molecule has 0 aliphatic carbocycles. The fourth-order valence-electron chi connectivity index (χ4n) is 2.24. The normalized spacial score (nSPS) is 12.1. The summed E-state index contributed by atoms with van der Waals surface area (Å²) in [4.78, 5) is 31.0. The molecular formula is C13H20ClN5O4S. The Morgan fingerprint density at radius 1 is 1.25 bits per heavy atom. The summed E-state index contributed by atoms with van der Waals surface area (Å²) < 4.78 is 27.7. The van der Waals surface area contributed by atoms with E-state index in [-0.39, 0.29) is 34.9 Å². The second kappa shape index (κ2) is 7.43. The molecule has 0 saturated heterocycles. The van der Waals surface area contributed by atoms with Crippen molar-refractivity contribution in [2.45, 2.75) is 37.1 Å². The van der Waals surface area contributed by atoms with Crippen LogP contribution < -0.4 is 21.7 Å². The molecule has 2 heterocycles. The summed E-state index contributed by atoms with van der Waals surface area (Å²) in [5.74, 6) is 0. The van der Waals surface area contributed by atoms with E-state index < -0.39 is 26.8 Å². The van der Waals surface area contributed by atoms with Gasteiger partial charge in [-0.25, -0.2) is 22.9 Å². The van der Waals surface area contributed by atoms with Crippen molar-refractivity contribution in [2.24, 2.45) is 5.73 Å². The Balaban J connectivity index is 0.00000288. The number of nitrogens with one attached hydrogen (secondary N) is 3. The van der Waals surface area contributed by atoms with Crippen molar-refractivity contribution in [3.63, 3.8) is 0 Å². The zero-order valence-electron chi connectivity index (χ0n) is 13.3. The van der Waals surface area contributed by atoms with Gasteiger partial charge in [-0.1, -0.05) is 13.8 Å². The maximum Gasteiger partial charge on any atom is 0.327 e. The third-order valence-corrected chi connectivity index (χ3v) is 5.52. The van der Waals surface area contributed by atoms with Gasteiger partial charge in [0.05, 0.1) is 5.39 Å². The van der Waals surface area contributed by atoms with E-state index in [2.05, 4.69) is 14.7 Å². The van der Waals surface area contributed by atoms with Gasteiger partial charge in [0.15, 0.2) is 0 Å². The Bertz CT molecular complexity index is 925. The van der Waals surface area contributed by atoms with E-state index in [1.54, 1.807) is 0 Å². The highest BCUT2D eigenvalue weighted by Gasteiger charge is 2.31. The number of nitrogens with zero attached hydrogens (tertiary/aromatic N) is 1. The number of halogens is 1. The lowest BCUT2D eigenvalue weighted by Crippen LogP contribution is -2.52. The monoisotopic (exact) mass is 377 g/mol. The van der Waals surface area contributed by atoms with Crippen LogP contribution in [0.2, 0.25) is 0 Å². The van der Waals surface area contributed by atoms with Gasteiger partial charge in [0.25, 0.3) is 5.56 Å². The molecule has 0 atom stereocenters. The number of hydrogen-bond acceptors (Lipinski definition) is 6. The van der Waals surface area contributed by atoms with Gasteiger partial charge >= 0.3 is 5.69 Å². The van der Waals surface area contributed by atoms with Crippen LogP contribution in [-0.4, -0.2) is 35.5 Å². The molecule has 134 valence electrons. The number of rotatable bonds is 6. The number of fused-ring (bicyclic) bond motifs is 1. The van der Waals surface area contributed by atoms with Crippen molar-refractivity contribution < 1.29 is 8.42 Å². The van der Waals surface area contributed by atoms with Crippen LogP contribution in [0.3, 0.4) is 0 Å². The highest BCUT2D eigenvalue weighted by Crippen LogP contribution is 2.19. The molecule has 0 radical (unpaired) electrons. The first kappa shape index (κ1) is 20.3. The molecule has 0 bridgehead atoms. The summed E-state index contributed by atoms with van der Waals surface area (Å²) in [5.41, 5.74) is 3.56. The fourth-order valence-corrected chi connectivity index (χ4v) is 3.77. The number of pyridine rings is 1. The van der Waals surface area contributed by atoms with Crippen molar-refractivity contribution >= 4 is 33.5 Å². The summed E-state index contributed by atoms with van der Waals surface area (Å²) in [7, 11) is -3.91. The number of hydrogen-bond donors (Lipinski definition) is 4. The Hall–Kier alpha value is -1.75. The summed E-state index contributed by atoms with van der Waals surface area (Å²) in [5, 5.41) is -0.0150. The minimum atomic E-state index is -3.91. The van der Waals surface area contributed by atoms with E-state index in [1.165, 1.54) is 6.07 Å². The van der Waals surface area contributed by atoms with Crippen molar-refractivity contribution in [3.8, 4) is 0 Å². The summed E-state index contributed by atoms with van der Waals surface area (Å²) >= 11 is 0. The van der Waals surface area contributed by atoms with E-state index in [1.807, 2.05) is 18.8 Å². The zero-order chi connectivity index (χ0) is 17.3. The second-order valence-corrected chi connectivity index (χ2v) is 6.95. The molecule has 0 aromatic carbocycles. The summed E-state index contributed by atoms with van der Waals surface area (Å²) in [6, 6.07) is 1.17. The van der Waals surface area contributed by atoms with Crippen LogP contribution in [0, 0.1) is 0 Å². The molecule has 2 rings (SSSR count). The van der Waals surface area contributed by atoms with Gasteiger partial charge in [-0.3, -0.25) is 14.8 Å². The molecule has 11 heteroatoms. The van der Waals surface area contributed by atoms with Gasteiger partial charge in [0, 0.05) is 18.3 Å². The maximum absolute atomic E-state index is 12.6. The first-order valence-electron chi connectivity index (χ1n) is 7.13. The van der Waals surface area contributed by atoms with Gasteiger partial charge in [0.2, 0.25) is 10.0 Å². The highest BCUT2D eigenvalue weighted by atomic mass is 35.5. The van der Waals surface area contributed by atoms with Crippen LogP contribution in [-0.2, 0) is 10.0 Å². The van der Waals surface area contributed by atoms with Crippen LogP contribution in [0.5, 0.6) is 0 Å². The Kier molecular flexibility index (Phi) is 6.28. The van der Waals surface area contributed by atoms with Gasteiger partial charge in [0.1, 0.15) is 10.5 Å². The van der Waals surface area contributed by atoms with Crippen LogP contribution >= 0.6 is 12.4 Å². The van der Waals surface area contributed by atoms with Gasteiger partial charge in [-0.15, -0.1) is 12.4 Å². The number of sulfonamides is 1. The van der Waals surface area contributed by atoms with Gasteiger partial charge in [-0.05, 0) is 18.9 Å². The Morgan fingerprint density at radius 2 is 1.88 bits per heavy atom. The van der Waals surface area contributed by atoms with Gasteiger partial charge in [-0.2, -0.15) is 0 Å². The molecule has 5 N–H and O–H groups in total. The third kappa shape index (κ3) is 3.83. The number of H-pyrrole nitrogens is 2. The predicted octanol–water partition coefficient (Wildman–Crippen LogP) is -0.171. The van der Waals surface area contributed by atoms with Crippen LogP contribution in [0.4, 0.5) is 0 Å². The summed E-state index contributed by atoms with van der Waals surface area (Å²) in [6.07, 6.45) is 2.13. The molecule has 0 unspecified atom stereocenters. The predicted molar refractivity (Wildman–Crippen MR) is 92.9 cm³/mol. The van der Waals surface area contributed by atoms with Crippen LogP contribution in [0.15, 0.2) is 26.7 Å². The third-order valence-electron chi connectivity index (χ3n) is 3.97. The molecule has 0 fully saturated rings. The lowest BCUT2D eigenvalue weighted by Gasteiger charge is -2.30. The average Bonchev–Trinajstić information content (AvgIpc) is 2.52. The van der Waals surface area contributed by atoms with E-state index in [0.717, 1.165) is 6.20 Å². The summed E-state index contributed by atoms with van der Waals surface area (Å²) in [6.45, 7) is 3.83. The highest BCUT2D eigenvalue weighted by molar-refractivity contribution is 7.89. The second-order valence-electron chi connectivity index (χ2n) is 5.27. The molecule has 0 spiro atoms. The lowest BCUT2D eigenvalue weighted by atomic mass is 9.95. The molecule has 0 saturated carbocycles. The molecule has 9 nitrogen and oxygen atoms in total. The van der Waals surface area contributed by atoms with E-state index in [4.69, 9.17) is 5.73 Å². The molecular weight excluding hydrogens is 358 g/mol. The van der Waals surface area contributed by atoms with Crippen molar-refractivity contribution in [1.82, 2.24) is 19.7 Å². The average molecular weight is 378 g/mol.